The molecule has 0 spiro atoms. The van der Waals surface area contributed by atoms with Crippen molar-refractivity contribution < 1.29 is 14.3 Å². The van der Waals surface area contributed by atoms with Crippen LogP contribution in [0.3, 0.4) is 0 Å². The van der Waals surface area contributed by atoms with Crippen molar-refractivity contribution in [2.24, 2.45) is 0 Å². The third kappa shape index (κ3) is 4.62. The number of rotatable bonds is 7. The second-order valence-corrected chi connectivity index (χ2v) is 8.61. The molecule has 0 unspecified atom stereocenters. The third-order valence-corrected chi connectivity index (χ3v) is 6.34. The average Bonchev–Trinajstić information content (AvgIpc) is 3.70. The molecule has 7 heteroatoms. The van der Waals surface area contributed by atoms with Gasteiger partial charge in [-0.3, -0.25) is 4.79 Å². The Bertz CT molecular complexity index is 1180. The van der Waals surface area contributed by atoms with Gasteiger partial charge in [0.15, 0.2) is 11.5 Å². The summed E-state index contributed by atoms with van der Waals surface area (Å²) in [5, 5.41) is 4.33. The molecule has 2 aliphatic rings. The number of hydrogen-bond donors (Lipinski definition) is 1. The lowest BCUT2D eigenvalue weighted by atomic mass is 10.1. The van der Waals surface area contributed by atoms with Gasteiger partial charge >= 0.3 is 0 Å². The van der Waals surface area contributed by atoms with Crippen LogP contribution < -0.4 is 14.8 Å². The molecule has 0 atom stereocenters. The second kappa shape index (κ2) is 9.10. The fraction of sp³-hybridized carbons (Fsp3) is 0.346. The molecule has 1 saturated carbocycles. The van der Waals surface area contributed by atoms with Gasteiger partial charge in [0, 0.05) is 43.1 Å². The number of fused-ring (bicyclic) bond motifs is 1. The van der Waals surface area contributed by atoms with E-state index in [2.05, 4.69) is 46.1 Å². The van der Waals surface area contributed by atoms with E-state index in [9.17, 15) is 4.79 Å². The lowest BCUT2D eigenvalue weighted by Crippen LogP contribution is -2.41. The summed E-state index contributed by atoms with van der Waals surface area (Å²) in [6.07, 6.45) is 6.96. The fourth-order valence-electron chi connectivity index (χ4n) is 4.34. The number of benzene rings is 2. The van der Waals surface area contributed by atoms with Gasteiger partial charge < -0.3 is 19.7 Å². The van der Waals surface area contributed by atoms with Crippen LogP contribution in [0.15, 0.2) is 55.4 Å². The van der Waals surface area contributed by atoms with Gasteiger partial charge in [-0.1, -0.05) is 18.7 Å². The van der Waals surface area contributed by atoms with Crippen LogP contribution in [0.1, 0.15) is 37.2 Å². The number of nitrogens with zero attached hydrogens (tertiary/aromatic N) is 3. The number of aromatic nitrogens is 2. The first-order valence-electron chi connectivity index (χ1n) is 11.4. The number of hydrogen-bond acceptors (Lipinski definition) is 6. The van der Waals surface area contributed by atoms with Gasteiger partial charge in [-0.15, -0.1) is 0 Å². The Hall–Kier alpha value is -3.61. The average molecular weight is 445 g/mol. The summed E-state index contributed by atoms with van der Waals surface area (Å²) >= 11 is 0. The molecule has 33 heavy (non-hydrogen) atoms. The summed E-state index contributed by atoms with van der Waals surface area (Å²) < 4.78 is 11.9. The Balaban J connectivity index is 1.39. The van der Waals surface area contributed by atoms with E-state index < -0.39 is 0 Å². The highest BCUT2D eigenvalue weighted by Crippen LogP contribution is 2.41. The van der Waals surface area contributed by atoms with E-state index in [-0.39, 0.29) is 12.0 Å². The molecule has 1 aliphatic heterocycles. The van der Waals surface area contributed by atoms with Crippen molar-refractivity contribution in [3.05, 3.63) is 60.9 Å². The lowest BCUT2D eigenvalue weighted by molar-refractivity contribution is -0.127. The summed E-state index contributed by atoms with van der Waals surface area (Å²) in [4.78, 5) is 22.6. The highest BCUT2D eigenvalue weighted by molar-refractivity contribution is 5.93. The smallest absolute Gasteiger partial charge is 0.245 e. The van der Waals surface area contributed by atoms with Crippen LogP contribution in [-0.4, -0.2) is 47.1 Å². The van der Waals surface area contributed by atoms with Crippen LogP contribution in [0, 0.1) is 0 Å². The standard InChI is InChI=1S/C26H28N4O3/c1-3-25(31)30-11-9-20(10-12-30)33-24-14-21-22(15-23(24)32-2)27-16-28-26(21)29-19-6-4-5-18(13-19)17-7-8-17/h3-6,13-17,20H,1,7-12H2,2H3,(H,27,28,29). The third-order valence-electron chi connectivity index (χ3n) is 6.34. The van der Waals surface area contributed by atoms with Crippen molar-refractivity contribution >= 4 is 28.3 Å². The van der Waals surface area contributed by atoms with Crippen molar-refractivity contribution in [1.82, 2.24) is 14.9 Å². The van der Waals surface area contributed by atoms with Gasteiger partial charge in [0.1, 0.15) is 18.2 Å². The minimum Gasteiger partial charge on any atom is -0.493 e. The van der Waals surface area contributed by atoms with Crippen molar-refractivity contribution in [1.29, 1.82) is 0 Å². The molecule has 2 fully saturated rings. The van der Waals surface area contributed by atoms with Gasteiger partial charge in [0.25, 0.3) is 0 Å². The Labute approximate surface area is 193 Å². The number of likely N-dealkylation sites (tertiary alicyclic amines) is 1. The van der Waals surface area contributed by atoms with Crippen LogP contribution >= 0.6 is 0 Å². The van der Waals surface area contributed by atoms with Crippen LogP contribution in [0.4, 0.5) is 11.5 Å². The van der Waals surface area contributed by atoms with Crippen molar-refractivity contribution in [3.8, 4) is 11.5 Å². The molecule has 1 amide bonds. The maximum Gasteiger partial charge on any atom is 0.245 e. The zero-order chi connectivity index (χ0) is 22.8. The predicted molar refractivity (Wildman–Crippen MR) is 128 cm³/mol. The van der Waals surface area contributed by atoms with E-state index in [0.29, 0.717) is 30.5 Å². The Morgan fingerprint density at radius 2 is 1.94 bits per heavy atom. The molecule has 1 aliphatic carbocycles. The van der Waals surface area contributed by atoms with Gasteiger partial charge in [0.2, 0.25) is 5.91 Å². The molecular weight excluding hydrogens is 416 g/mol. The number of piperidine rings is 1. The van der Waals surface area contributed by atoms with Gasteiger partial charge in [0.05, 0.1) is 12.6 Å². The number of anilines is 2. The van der Waals surface area contributed by atoms with Crippen molar-refractivity contribution in [3.63, 3.8) is 0 Å². The molecule has 1 N–H and O–H groups in total. The number of amides is 1. The summed E-state index contributed by atoms with van der Waals surface area (Å²) in [5.41, 5.74) is 3.16. The molecule has 5 rings (SSSR count). The SMILES string of the molecule is C=CC(=O)N1CCC(Oc2cc3c(Nc4cccc(C5CC5)c4)ncnc3cc2OC)CC1. The van der Waals surface area contributed by atoms with Crippen LogP contribution in [0.2, 0.25) is 0 Å². The minimum atomic E-state index is -0.0321. The Kier molecular flexibility index (Phi) is 5.86. The van der Waals surface area contributed by atoms with Crippen molar-refractivity contribution in [2.75, 3.05) is 25.5 Å². The Morgan fingerprint density at radius 3 is 2.67 bits per heavy atom. The van der Waals surface area contributed by atoms with Crippen LogP contribution in [0.25, 0.3) is 10.9 Å². The van der Waals surface area contributed by atoms with Gasteiger partial charge in [-0.2, -0.15) is 0 Å². The molecule has 0 bridgehead atoms. The summed E-state index contributed by atoms with van der Waals surface area (Å²) in [5.74, 6) is 2.67. The molecule has 1 saturated heterocycles. The van der Waals surface area contributed by atoms with E-state index in [1.165, 1.54) is 24.5 Å². The first kappa shape index (κ1) is 21.2. The maximum absolute atomic E-state index is 11.9. The van der Waals surface area contributed by atoms with E-state index in [1.807, 2.05) is 12.1 Å². The van der Waals surface area contributed by atoms with Crippen LogP contribution in [0.5, 0.6) is 11.5 Å². The normalized spacial score (nSPS) is 16.5. The molecule has 2 aromatic carbocycles. The molecule has 7 nitrogen and oxygen atoms in total. The molecule has 2 heterocycles. The van der Waals surface area contributed by atoms with E-state index in [0.717, 1.165) is 35.2 Å². The first-order chi connectivity index (χ1) is 16.1. The monoisotopic (exact) mass is 444 g/mol. The number of ether oxygens (including phenoxy) is 2. The maximum atomic E-state index is 11.9. The Morgan fingerprint density at radius 1 is 1.12 bits per heavy atom. The van der Waals surface area contributed by atoms with Gasteiger partial charge in [-0.05, 0) is 48.6 Å². The molecule has 1 aromatic heterocycles. The summed E-state index contributed by atoms with van der Waals surface area (Å²) in [7, 11) is 1.63. The zero-order valence-corrected chi connectivity index (χ0v) is 18.8. The first-order valence-corrected chi connectivity index (χ1v) is 11.4. The predicted octanol–water partition coefficient (Wildman–Crippen LogP) is 4.82. The van der Waals surface area contributed by atoms with E-state index in [1.54, 1.807) is 18.3 Å². The van der Waals surface area contributed by atoms with Gasteiger partial charge in [-0.25, -0.2) is 9.97 Å². The number of carbonyl (C=O) groups excluding carboxylic acids is 1. The number of carbonyl (C=O) groups is 1. The zero-order valence-electron chi connectivity index (χ0n) is 18.8. The van der Waals surface area contributed by atoms with Crippen molar-refractivity contribution in [2.45, 2.75) is 37.7 Å². The number of methoxy groups -OCH3 is 1. The fourth-order valence-corrected chi connectivity index (χ4v) is 4.34. The summed E-state index contributed by atoms with van der Waals surface area (Å²) in [6, 6.07) is 12.4. The topological polar surface area (TPSA) is 76.6 Å². The van der Waals surface area contributed by atoms with E-state index >= 15 is 0 Å². The quantitative estimate of drug-likeness (QED) is 0.527. The largest absolute Gasteiger partial charge is 0.493 e. The molecular formula is C26H28N4O3. The minimum absolute atomic E-state index is 0.00137. The summed E-state index contributed by atoms with van der Waals surface area (Å²) in [6.45, 7) is 4.87. The molecule has 0 radical (unpaired) electrons. The molecule has 3 aromatic rings. The second-order valence-electron chi connectivity index (χ2n) is 8.61. The lowest BCUT2D eigenvalue weighted by Gasteiger charge is -2.31. The number of nitrogens with one attached hydrogen (secondary N) is 1. The highest BCUT2D eigenvalue weighted by atomic mass is 16.5. The van der Waals surface area contributed by atoms with E-state index in [4.69, 9.17) is 9.47 Å². The molecule has 170 valence electrons. The van der Waals surface area contributed by atoms with Crippen LogP contribution in [-0.2, 0) is 4.79 Å². The highest BCUT2D eigenvalue weighted by Gasteiger charge is 2.25.